The van der Waals surface area contributed by atoms with E-state index in [0.29, 0.717) is 0 Å². The fourth-order valence-electron chi connectivity index (χ4n) is 3.20. The predicted octanol–water partition coefficient (Wildman–Crippen LogP) is 3.68. The van der Waals surface area contributed by atoms with Crippen molar-refractivity contribution in [3.05, 3.63) is 64.2 Å². The number of halogens is 1. The van der Waals surface area contributed by atoms with Gasteiger partial charge in [-0.15, -0.1) is 0 Å². The van der Waals surface area contributed by atoms with E-state index in [4.69, 9.17) is 16.3 Å². The number of piperazine rings is 1. The number of amides is 1. The lowest BCUT2D eigenvalue weighted by molar-refractivity contribution is -0.135. The van der Waals surface area contributed by atoms with Crippen LogP contribution in [0.15, 0.2) is 42.5 Å². The van der Waals surface area contributed by atoms with Crippen LogP contribution in [0.4, 0.5) is 0 Å². The number of rotatable bonds is 5. The Bertz CT molecular complexity index is 753. The van der Waals surface area contributed by atoms with Gasteiger partial charge in [0.2, 0.25) is 0 Å². The molecule has 2 aromatic rings. The first-order valence-corrected chi connectivity index (χ1v) is 9.34. The third-order valence-electron chi connectivity index (χ3n) is 4.73. The smallest absolute Gasteiger partial charge is 0.260 e. The molecule has 1 heterocycles. The maximum atomic E-state index is 12.4. The molecule has 5 heteroatoms. The van der Waals surface area contributed by atoms with Crippen LogP contribution in [0.2, 0.25) is 5.02 Å². The molecule has 1 aliphatic heterocycles. The van der Waals surface area contributed by atoms with Crippen LogP contribution >= 0.6 is 11.6 Å². The average Bonchev–Trinajstić information content (AvgIpc) is 2.63. The molecule has 1 saturated heterocycles. The number of benzene rings is 2. The summed E-state index contributed by atoms with van der Waals surface area (Å²) in [5, 5.41) is 0.757. The molecule has 0 aliphatic carbocycles. The van der Waals surface area contributed by atoms with Crippen LogP contribution < -0.4 is 4.74 Å². The van der Waals surface area contributed by atoms with Crippen LogP contribution in [0.3, 0.4) is 0 Å². The lowest BCUT2D eigenvalue weighted by Gasteiger charge is -2.34. The van der Waals surface area contributed by atoms with Gasteiger partial charge in [-0.3, -0.25) is 9.69 Å². The monoisotopic (exact) mass is 372 g/mol. The summed E-state index contributed by atoms with van der Waals surface area (Å²) < 4.78 is 5.72. The number of ether oxygens (including phenoxy) is 1. The fourth-order valence-corrected chi connectivity index (χ4v) is 3.32. The quantitative estimate of drug-likeness (QED) is 0.802. The number of hydrogen-bond acceptors (Lipinski definition) is 3. The zero-order valence-corrected chi connectivity index (χ0v) is 16.1. The SMILES string of the molecule is Cc1ccc(OCC(=O)N2CCN(Cc3ccc(Cl)cc3)CC2)c(C)c1. The molecular formula is C21H25ClN2O2. The van der Waals surface area contributed by atoms with Crippen LogP contribution in [0.5, 0.6) is 5.75 Å². The van der Waals surface area contributed by atoms with E-state index in [0.717, 1.165) is 49.1 Å². The Morgan fingerprint density at radius 1 is 1.04 bits per heavy atom. The molecule has 4 nitrogen and oxygen atoms in total. The molecule has 0 N–H and O–H groups in total. The van der Waals surface area contributed by atoms with Gasteiger partial charge in [-0.05, 0) is 43.2 Å². The Kier molecular flexibility index (Phi) is 6.17. The van der Waals surface area contributed by atoms with Crippen molar-refractivity contribution < 1.29 is 9.53 Å². The van der Waals surface area contributed by atoms with Crippen molar-refractivity contribution in [2.45, 2.75) is 20.4 Å². The highest BCUT2D eigenvalue weighted by molar-refractivity contribution is 6.30. The van der Waals surface area contributed by atoms with Gasteiger partial charge in [0.15, 0.2) is 6.61 Å². The molecule has 0 atom stereocenters. The Balaban J connectivity index is 1.45. The fraction of sp³-hybridized carbons (Fsp3) is 0.381. The summed E-state index contributed by atoms with van der Waals surface area (Å²) in [7, 11) is 0. The average molecular weight is 373 g/mol. The van der Waals surface area contributed by atoms with Crippen molar-refractivity contribution in [2.24, 2.45) is 0 Å². The Hall–Kier alpha value is -2.04. The summed E-state index contributed by atoms with van der Waals surface area (Å²) in [6.07, 6.45) is 0. The van der Waals surface area contributed by atoms with Gasteiger partial charge in [0.1, 0.15) is 5.75 Å². The Morgan fingerprint density at radius 3 is 2.38 bits per heavy atom. The molecule has 0 saturated carbocycles. The summed E-state index contributed by atoms with van der Waals surface area (Å²) in [5.74, 6) is 0.835. The van der Waals surface area contributed by atoms with Crippen molar-refractivity contribution in [1.82, 2.24) is 9.80 Å². The second-order valence-corrected chi connectivity index (χ2v) is 7.28. The van der Waals surface area contributed by atoms with Crippen molar-refractivity contribution >= 4 is 17.5 Å². The molecule has 1 amide bonds. The summed E-state index contributed by atoms with van der Waals surface area (Å²) in [6, 6.07) is 13.9. The number of carbonyl (C=O) groups excluding carboxylic acids is 1. The van der Waals surface area contributed by atoms with Crippen molar-refractivity contribution in [3.8, 4) is 5.75 Å². The van der Waals surface area contributed by atoms with E-state index in [-0.39, 0.29) is 12.5 Å². The van der Waals surface area contributed by atoms with Gasteiger partial charge in [0.25, 0.3) is 5.91 Å². The van der Waals surface area contributed by atoms with Crippen molar-refractivity contribution in [2.75, 3.05) is 32.8 Å². The third kappa shape index (κ3) is 4.99. The molecule has 0 spiro atoms. The largest absolute Gasteiger partial charge is 0.484 e. The highest BCUT2D eigenvalue weighted by Crippen LogP contribution is 2.19. The van der Waals surface area contributed by atoms with Crippen molar-refractivity contribution in [1.29, 1.82) is 0 Å². The van der Waals surface area contributed by atoms with Crippen LogP contribution in [-0.4, -0.2) is 48.5 Å². The van der Waals surface area contributed by atoms with Crippen LogP contribution in [-0.2, 0) is 11.3 Å². The predicted molar refractivity (Wildman–Crippen MR) is 105 cm³/mol. The topological polar surface area (TPSA) is 32.8 Å². The van der Waals surface area contributed by atoms with Crippen LogP contribution in [0, 0.1) is 13.8 Å². The third-order valence-corrected chi connectivity index (χ3v) is 4.98. The van der Waals surface area contributed by atoms with Crippen LogP contribution in [0.1, 0.15) is 16.7 Å². The number of nitrogens with zero attached hydrogens (tertiary/aromatic N) is 2. The van der Waals surface area contributed by atoms with Crippen LogP contribution in [0.25, 0.3) is 0 Å². The molecule has 0 unspecified atom stereocenters. The molecule has 2 aromatic carbocycles. The molecule has 0 aromatic heterocycles. The molecule has 138 valence electrons. The molecule has 0 radical (unpaired) electrons. The highest BCUT2D eigenvalue weighted by Gasteiger charge is 2.21. The molecular weight excluding hydrogens is 348 g/mol. The lowest BCUT2D eigenvalue weighted by Crippen LogP contribution is -2.49. The highest BCUT2D eigenvalue weighted by atomic mass is 35.5. The first-order chi connectivity index (χ1) is 12.5. The number of hydrogen-bond donors (Lipinski definition) is 0. The summed E-state index contributed by atoms with van der Waals surface area (Å²) >= 11 is 5.93. The van der Waals surface area contributed by atoms with Gasteiger partial charge >= 0.3 is 0 Å². The van der Waals surface area contributed by atoms with E-state index in [1.165, 1.54) is 11.1 Å². The minimum absolute atomic E-state index is 0.0520. The van der Waals surface area contributed by atoms with E-state index in [1.807, 2.05) is 43.0 Å². The second kappa shape index (κ2) is 8.56. The molecule has 26 heavy (non-hydrogen) atoms. The first kappa shape index (κ1) is 18.7. The van der Waals surface area contributed by atoms with Crippen molar-refractivity contribution in [3.63, 3.8) is 0 Å². The van der Waals surface area contributed by atoms with Gasteiger partial charge in [-0.2, -0.15) is 0 Å². The van der Waals surface area contributed by atoms with E-state index in [1.54, 1.807) is 0 Å². The lowest BCUT2D eigenvalue weighted by atomic mass is 10.1. The zero-order valence-electron chi connectivity index (χ0n) is 15.4. The maximum Gasteiger partial charge on any atom is 0.260 e. The molecule has 1 fully saturated rings. The molecule has 0 bridgehead atoms. The minimum Gasteiger partial charge on any atom is -0.484 e. The van der Waals surface area contributed by atoms with E-state index in [2.05, 4.69) is 23.1 Å². The first-order valence-electron chi connectivity index (χ1n) is 8.96. The zero-order chi connectivity index (χ0) is 18.5. The van der Waals surface area contributed by atoms with Gasteiger partial charge in [-0.1, -0.05) is 41.4 Å². The van der Waals surface area contributed by atoms with Gasteiger partial charge < -0.3 is 9.64 Å². The Labute approximate surface area is 160 Å². The van der Waals surface area contributed by atoms with E-state index >= 15 is 0 Å². The maximum absolute atomic E-state index is 12.4. The van der Waals surface area contributed by atoms with Gasteiger partial charge in [0.05, 0.1) is 0 Å². The number of carbonyl (C=O) groups is 1. The minimum atomic E-state index is 0.0520. The summed E-state index contributed by atoms with van der Waals surface area (Å²) in [4.78, 5) is 16.7. The standard InChI is InChI=1S/C21H25ClN2O2/c1-16-3-8-20(17(2)13-16)26-15-21(25)24-11-9-23(10-12-24)14-18-4-6-19(22)7-5-18/h3-8,13H,9-12,14-15H2,1-2H3. The second-order valence-electron chi connectivity index (χ2n) is 6.84. The van der Waals surface area contributed by atoms with E-state index < -0.39 is 0 Å². The van der Waals surface area contributed by atoms with Gasteiger partial charge in [-0.25, -0.2) is 0 Å². The molecule has 3 rings (SSSR count). The van der Waals surface area contributed by atoms with Gasteiger partial charge in [0, 0.05) is 37.7 Å². The summed E-state index contributed by atoms with van der Waals surface area (Å²) in [6.45, 7) is 8.26. The normalized spacial score (nSPS) is 15.1. The Morgan fingerprint density at radius 2 is 1.73 bits per heavy atom. The molecule has 1 aliphatic rings. The number of aryl methyl sites for hydroxylation is 2. The van der Waals surface area contributed by atoms with E-state index in [9.17, 15) is 4.79 Å². The summed E-state index contributed by atoms with van der Waals surface area (Å²) in [5.41, 5.74) is 3.50.